The normalized spacial score (nSPS) is 13.2. The molecule has 0 aromatic rings. The van der Waals surface area contributed by atoms with Gasteiger partial charge in [-0.3, -0.25) is 4.79 Å². The smallest absolute Gasteiger partial charge is 0.224 e. The number of hydrogen-bond donors (Lipinski definition) is 2. The Balaban J connectivity index is 3.92. The number of rotatable bonds is 4. The topological polar surface area (TPSA) is 55.1 Å². The van der Waals surface area contributed by atoms with Crippen molar-refractivity contribution in [1.82, 2.24) is 5.32 Å². The van der Waals surface area contributed by atoms with E-state index in [0.29, 0.717) is 19.0 Å². The quantitative estimate of drug-likeness (QED) is 0.620. The van der Waals surface area contributed by atoms with Crippen LogP contribution in [0, 0.1) is 11.8 Å². The van der Waals surface area contributed by atoms with E-state index in [1.807, 2.05) is 20.8 Å². The summed E-state index contributed by atoms with van der Waals surface area (Å²) in [6, 6.07) is 0. The Morgan fingerprint density at radius 1 is 1.55 bits per heavy atom. The number of nitrogens with one attached hydrogen (secondary N) is 1. The van der Waals surface area contributed by atoms with E-state index in [9.17, 15) is 4.79 Å². The summed E-state index contributed by atoms with van der Waals surface area (Å²) in [5, 5.41) is 2.76. The molecule has 0 aliphatic carbocycles. The molecule has 3 N–H and O–H groups in total. The molecule has 0 saturated carbocycles. The van der Waals surface area contributed by atoms with Crippen molar-refractivity contribution in [3.05, 3.63) is 0 Å². The molecule has 0 rings (SSSR count). The summed E-state index contributed by atoms with van der Waals surface area (Å²) < 4.78 is 0. The minimum Gasteiger partial charge on any atom is -0.356 e. The molecule has 1 atom stereocenters. The minimum atomic E-state index is -0.0325. The van der Waals surface area contributed by atoms with Crippen LogP contribution in [0.15, 0.2) is 0 Å². The Kier molecular flexibility index (Phi) is 4.86. The molecule has 0 aromatic carbocycles. The Morgan fingerprint density at radius 3 is 2.36 bits per heavy atom. The zero-order valence-corrected chi connectivity index (χ0v) is 7.55. The predicted octanol–water partition coefficient (Wildman–Crippen LogP) is 0.353. The molecule has 0 aliphatic rings. The molecule has 0 aromatic heterocycles. The van der Waals surface area contributed by atoms with Crippen LogP contribution in [0.3, 0.4) is 0 Å². The summed E-state index contributed by atoms with van der Waals surface area (Å²) >= 11 is 0. The van der Waals surface area contributed by atoms with Crippen LogP contribution in [0.4, 0.5) is 0 Å². The van der Waals surface area contributed by atoms with Crippen molar-refractivity contribution in [1.29, 1.82) is 0 Å². The highest BCUT2D eigenvalue weighted by Crippen LogP contribution is 2.08. The summed E-state index contributed by atoms with van der Waals surface area (Å²) in [6.07, 6.45) is 0. The molecule has 3 heteroatoms. The van der Waals surface area contributed by atoms with Gasteiger partial charge in [0.15, 0.2) is 0 Å². The maximum atomic E-state index is 11.2. The first-order chi connectivity index (χ1) is 5.13. The summed E-state index contributed by atoms with van der Waals surface area (Å²) in [6.45, 7) is 7.04. The van der Waals surface area contributed by atoms with Gasteiger partial charge in [-0.2, -0.15) is 0 Å². The van der Waals surface area contributed by atoms with E-state index in [2.05, 4.69) is 5.32 Å². The van der Waals surface area contributed by atoms with Crippen molar-refractivity contribution in [2.24, 2.45) is 17.6 Å². The van der Waals surface area contributed by atoms with Crippen molar-refractivity contribution in [3.8, 4) is 0 Å². The fourth-order valence-electron chi connectivity index (χ4n) is 0.987. The molecule has 0 fully saturated rings. The number of carbonyl (C=O) groups is 1. The second kappa shape index (κ2) is 5.13. The number of hydrogen-bond acceptors (Lipinski definition) is 2. The summed E-state index contributed by atoms with van der Waals surface area (Å²) in [5.74, 6) is 0.367. The van der Waals surface area contributed by atoms with Crippen molar-refractivity contribution in [2.75, 3.05) is 13.1 Å². The summed E-state index contributed by atoms with van der Waals surface area (Å²) in [4.78, 5) is 11.2. The standard InChI is InChI=1S/C8H18N2O/c1-4-10-8(11)7(5-9)6(2)3/h6-7H,4-5,9H2,1-3H3,(H,10,11). The average molecular weight is 158 g/mol. The Morgan fingerprint density at radius 2 is 2.09 bits per heavy atom. The Labute approximate surface area is 68.3 Å². The van der Waals surface area contributed by atoms with Crippen LogP contribution in [-0.4, -0.2) is 19.0 Å². The molecule has 1 amide bonds. The van der Waals surface area contributed by atoms with Gasteiger partial charge in [0.1, 0.15) is 0 Å². The molecule has 0 bridgehead atoms. The highest BCUT2D eigenvalue weighted by Gasteiger charge is 2.18. The van der Waals surface area contributed by atoms with Gasteiger partial charge in [-0.15, -0.1) is 0 Å². The van der Waals surface area contributed by atoms with Crippen molar-refractivity contribution >= 4 is 5.91 Å². The maximum absolute atomic E-state index is 11.2. The van der Waals surface area contributed by atoms with Gasteiger partial charge < -0.3 is 11.1 Å². The SMILES string of the molecule is CCNC(=O)C(CN)C(C)C. The molecule has 66 valence electrons. The van der Waals surface area contributed by atoms with Crippen molar-refractivity contribution in [2.45, 2.75) is 20.8 Å². The van der Waals surface area contributed by atoms with Gasteiger partial charge >= 0.3 is 0 Å². The van der Waals surface area contributed by atoms with Crippen LogP contribution in [0.5, 0.6) is 0 Å². The third-order valence-electron chi connectivity index (χ3n) is 1.75. The first kappa shape index (κ1) is 10.4. The molecular weight excluding hydrogens is 140 g/mol. The molecule has 0 spiro atoms. The average Bonchev–Trinajstić information content (AvgIpc) is 1.88. The molecular formula is C8H18N2O. The minimum absolute atomic E-state index is 0.0325. The van der Waals surface area contributed by atoms with Crippen LogP contribution in [0.25, 0.3) is 0 Å². The highest BCUT2D eigenvalue weighted by atomic mass is 16.1. The zero-order chi connectivity index (χ0) is 8.85. The number of carbonyl (C=O) groups excluding carboxylic acids is 1. The Bertz CT molecular complexity index is 123. The van der Waals surface area contributed by atoms with Gasteiger partial charge in [0, 0.05) is 13.1 Å². The second-order valence-electron chi connectivity index (χ2n) is 2.98. The molecule has 3 nitrogen and oxygen atoms in total. The first-order valence-corrected chi connectivity index (χ1v) is 4.11. The highest BCUT2D eigenvalue weighted by molar-refractivity contribution is 5.79. The summed E-state index contributed by atoms with van der Waals surface area (Å²) in [7, 11) is 0. The van der Waals surface area contributed by atoms with Crippen LogP contribution in [0.1, 0.15) is 20.8 Å². The van der Waals surface area contributed by atoms with Crippen LogP contribution in [0.2, 0.25) is 0 Å². The van der Waals surface area contributed by atoms with Gasteiger partial charge in [0.25, 0.3) is 0 Å². The van der Waals surface area contributed by atoms with Gasteiger partial charge in [-0.1, -0.05) is 13.8 Å². The van der Waals surface area contributed by atoms with E-state index in [-0.39, 0.29) is 11.8 Å². The van der Waals surface area contributed by atoms with E-state index in [1.165, 1.54) is 0 Å². The molecule has 11 heavy (non-hydrogen) atoms. The lowest BCUT2D eigenvalue weighted by atomic mass is 9.95. The lowest BCUT2D eigenvalue weighted by molar-refractivity contribution is -0.125. The molecule has 0 radical (unpaired) electrons. The zero-order valence-electron chi connectivity index (χ0n) is 7.55. The molecule has 0 saturated heterocycles. The fourth-order valence-corrected chi connectivity index (χ4v) is 0.987. The summed E-state index contributed by atoms with van der Waals surface area (Å²) in [5.41, 5.74) is 5.44. The molecule has 0 aliphatic heterocycles. The lowest BCUT2D eigenvalue weighted by Crippen LogP contribution is -2.37. The van der Waals surface area contributed by atoms with E-state index >= 15 is 0 Å². The maximum Gasteiger partial charge on any atom is 0.224 e. The van der Waals surface area contributed by atoms with Crippen molar-refractivity contribution < 1.29 is 4.79 Å². The van der Waals surface area contributed by atoms with Gasteiger partial charge in [-0.05, 0) is 12.8 Å². The fraction of sp³-hybridized carbons (Fsp3) is 0.875. The third-order valence-corrected chi connectivity index (χ3v) is 1.75. The van der Waals surface area contributed by atoms with Crippen LogP contribution in [-0.2, 0) is 4.79 Å². The van der Waals surface area contributed by atoms with Crippen LogP contribution >= 0.6 is 0 Å². The number of nitrogens with two attached hydrogens (primary N) is 1. The second-order valence-corrected chi connectivity index (χ2v) is 2.98. The van der Waals surface area contributed by atoms with Gasteiger partial charge in [0.05, 0.1) is 5.92 Å². The number of amides is 1. The lowest BCUT2D eigenvalue weighted by Gasteiger charge is -2.17. The largest absolute Gasteiger partial charge is 0.356 e. The third kappa shape index (κ3) is 3.37. The van der Waals surface area contributed by atoms with Gasteiger partial charge in [-0.25, -0.2) is 0 Å². The Hall–Kier alpha value is -0.570. The predicted molar refractivity (Wildman–Crippen MR) is 46.1 cm³/mol. The van der Waals surface area contributed by atoms with Crippen LogP contribution < -0.4 is 11.1 Å². The monoisotopic (exact) mass is 158 g/mol. The van der Waals surface area contributed by atoms with Gasteiger partial charge in [0.2, 0.25) is 5.91 Å². The molecule has 0 heterocycles. The van der Waals surface area contributed by atoms with E-state index in [0.717, 1.165) is 0 Å². The van der Waals surface area contributed by atoms with E-state index in [1.54, 1.807) is 0 Å². The van der Waals surface area contributed by atoms with E-state index < -0.39 is 0 Å². The van der Waals surface area contributed by atoms with E-state index in [4.69, 9.17) is 5.73 Å². The molecule has 1 unspecified atom stereocenters. The first-order valence-electron chi connectivity index (χ1n) is 4.11. The van der Waals surface area contributed by atoms with Crippen molar-refractivity contribution in [3.63, 3.8) is 0 Å².